The Morgan fingerprint density at radius 2 is 1.90 bits per heavy atom. The van der Waals surface area contributed by atoms with Crippen LogP contribution in [0.1, 0.15) is 43.9 Å². The Morgan fingerprint density at radius 1 is 1.15 bits per heavy atom. The lowest BCUT2D eigenvalue weighted by molar-refractivity contribution is 0.238. The van der Waals surface area contributed by atoms with E-state index in [1.54, 1.807) is 0 Å². The van der Waals surface area contributed by atoms with E-state index in [4.69, 9.17) is 9.15 Å². The summed E-state index contributed by atoms with van der Waals surface area (Å²) in [6.45, 7) is 6.16. The normalized spacial score (nSPS) is 12.7. The fraction of sp³-hybridized carbons (Fsp3) is 0.412. The lowest BCUT2D eigenvalue weighted by Crippen LogP contribution is -2.19. The zero-order chi connectivity index (χ0) is 14.5. The van der Waals surface area contributed by atoms with Gasteiger partial charge in [-0.25, -0.2) is 0 Å². The molecule has 1 aromatic carbocycles. The number of rotatable bonds is 6. The van der Waals surface area contributed by atoms with Crippen molar-refractivity contribution in [2.45, 2.75) is 39.3 Å². The predicted octanol–water partition coefficient (Wildman–Crippen LogP) is 3.94. The van der Waals surface area contributed by atoms with Crippen molar-refractivity contribution in [3.8, 4) is 5.75 Å². The topological polar surface area (TPSA) is 34.4 Å². The van der Waals surface area contributed by atoms with Crippen LogP contribution in [0, 0.1) is 0 Å². The molecule has 3 nitrogen and oxygen atoms in total. The average Bonchev–Trinajstić information content (AvgIpc) is 2.90. The molecule has 0 radical (unpaired) electrons. The maximum atomic E-state index is 5.90. The molecule has 0 bridgehead atoms. The molecule has 0 aliphatic heterocycles. The molecule has 1 heterocycles. The van der Waals surface area contributed by atoms with Crippen LogP contribution >= 0.6 is 0 Å². The summed E-state index contributed by atoms with van der Waals surface area (Å²) in [4.78, 5) is 0. The summed E-state index contributed by atoms with van der Waals surface area (Å²) >= 11 is 0. The Hall–Kier alpha value is -1.74. The molecule has 1 N–H and O–H groups in total. The minimum absolute atomic E-state index is 0.00486. The van der Waals surface area contributed by atoms with Crippen LogP contribution in [0.15, 0.2) is 40.8 Å². The zero-order valence-corrected chi connectivity index (χ0v) is 12.6. The van der Waals surface area contributed by atoms with E-state index < -0.39 is 0 Å². The summed E-state index contributed by atoms with van der Waals surface area (Å²) in [5.74, 6) is 2.82. The number of nitrogens with one attached hydrogen (secondary N) is 1. The summed E-state index contributed by atoms with van der Waals surface area (Å²) in [7, 11) is 1.94. The van der Waals surface area contributed by atoms with Crippen LogP contribution in [-0.2, 0) is 6.42 Å². The van der Waals surface area contributed by atoms with E-state index >= 15 is 0 Å². The molecule has 108 valence electrons. The van der Waals surface area contributed by atoms with E-state index in [2.05, 4.69) is 18.3 Å². The third-order valence-corrected chi connectivity index (χ3v) is 3.20. The molecule has 0 aliphatic carbocycles. The van der Waals surface area contributed by atoms with Gasteiger partial charge in [0.2, 0.25) is 0 Å². The summed E-state index contributed by atoms with van der Waals surface area (Å²) in [5, 5.41) is 3.31. The first-order valence-electron chi connectivity index (χ1n) is 7.17. The van der Waals surface area contributed by atoms with Gasteiger partial charge in [-0.1, -0.05) is 25.1 Å². The van der Waals surface area contributed by atoms with Crippen molar-refractivity contribution in [3.05, 3.63) is 53.5 Å². The Morgan fingerprint density at radius 3 is 2.50 bits per heavy atom. The fourth-order valence-electron chi connectivity index (χ4n) is 2.27. The monoisotopic (exact) mass is 273 g/mol. The maximum absolute atomic E-state index is 5.90. The highest BCUT2D eigenvalue weighted by Gasteiger charge is 2.20. The Bertz CT molecular complexity index is 545. The van der Waals surface area contributed by atoms with E-state index in [1.807, 2.05) is 51.2 Å². The first-order chi connectivity index (χ1) is 9.65. The van der Waals surface area contributed by atoms with E-state index in [0.29, 0.717) is 0 Å². The van der Waals surface area contributed by atoms with Gasteiger partial charge in [-0.2, -0.15) is 0 Å². The van der Waals surface area contributed by atoms with Crippen LogP contribution in [0.25, 0.3) is 0 Å². The molecular weight excluding hydrogens is 250 g/mol. The molecule has 0 fully saturated rings. The van der Waals surface area contributed by atoms with Crippen molar-refractivity contribution in [1.29, 1.82) is 0 Å². The molecule has 0 spiro atoms. The summed E-state index contributed by atoms with van der Waals surface area (Å²) < 4.78 is 11.8. The third kappa shape index (κ3) is 3.23. The van der Waals surface area contributed by atoms with Crippen LogP contribution in [-0.4, -0.2) is 13.2 Å². The van der Waals surface area contributed by atoms with Gasteiger partial charge in [0.1, 0.15) is 17.3 Å². The second-order valence-corrected chi connectivity index (χ2v) is 5.08. The highest BCUT2D eigenvalue weighted by molar-refractivity contribution is 5.39. The van der Waals surface area contributed by atoms with Crippen molar-refractivity contribution < 1.29 is 9.15 Å². The SMILES string of the molecule is CCc1ccc(C(NC)c2ccccc2OC(C)C)o1. The molecule has 0 saturated heterocycles. The van der Waals surface area contributed by atoms with E-state index in [9.17, 15) is 0 Å². The molecule has 1 aromatic heterocycles. The number of ether oxygens (including phenoxy) is 1. The van der Waals surface area contributed by atoms with Crippen molar-refractivity contribution in [3.63, 3.8) is 0 Å². The van der Waals surface area contributed by atoms with E-state index in [1.165, 1.54) is 0 Å². The lowest BCUT2D eigenvalue weighted by atomic mass is 10.0. The van der Waals surface area contributed by atoms with Gasteiger partial charge in [0.15, 0.2) is 0 Å². The van der Waals surface area contributed by atoms with Gasteiger partial charge in [0, 0.05) is 12.0 Å². The standard InChI is InChI=1S/C17H23NO2/c1-5-13-10-11-16(20-13)17(18-4)14-8-6-7-9-15(14)19-12(2)3/h6-12,17-18H,5H2,1-4H3. The molecule has 2 aromatic rings. The summed E-state index contributed by atoms with van der Waals surface area (Å²) in [6, 6.07) is 12.2. The van der Waals surface area contributed by atoms with Gasteiger partial charge >= 0.3 is 0 Å². The molecular formula is C17H23NO2. The van der Waals surface area contributed by atoms with Gasteiger partial charge in [-0.15, -0.1) is 0 Å². The number of furan rings is 1. The van der Waals surface area contributed by atoms with Crippen molar-refractivity contribution in [1.82, 2.24) is 5.32 Å². The highest BCUT2D eigenvalue weighted by Crippen LogP contribution is 2.31. The van der Waals surface area contributed by atoms with Crippen LogP contribution < -0.4 is 10.1 Å². The Balaban J connectivity index is 2.36. The molecule has 0 aliphatic rings. The first-order valence-corrected chi connectivity index (χ1v) is 7.17. The number of hydrogen-bond donors (Lipinski definition) is 1. The van der Waals surface area contributed by atoms with Gasteiger partial charge in [0.05, 0.1) is 12.1 Å². The zero-order valence-electron chi connectivity index (χ0n) is 12.6. The smallest absolute Gasteiger partial charge is 0.125 e. The molecule has 3 heteroatoms. The van der Waals surface area contributed by atoms with E-state index in [-0.39, 0.29) is 12.1 Å². The third-order valence-electron chi connectivity index (χ3n) is 3.20. The van der Waals surface area contributed by atoms with Gasteiger partial charge in [0.25, 0.3) is 0 Å². The molecule has 0 amide bonds. The average molecular weight is 273 g/mol. The van der Waals surface area contributed by atoms with Gasteiger partial charge < -0.3 is 14.5 Å². The molecule has 0 saturated carbocycles. The van der Waals surface area contributed by atoms with Crippen LogP contribution in [0.2, 0.25) is 0 Å². The Kier molecular flexibility index (Phi) is 4.85. The molecule has 2 rings (SSSR count). The second-order valence-electron chi connectivity index (χ2n) is 5.08. The number of benzene rings is 1. The molecule has 20 heavy (non-hydrogen) atoms. The minimum atomic E-state index is 0.00486. The van der Waals surface area contributed by atoms with Crippen LogP contribution in [0.5, 0.6) is 5.75 Å². The number of aryl methyl sites for hydroxylation is 1. The van der Waals surface area contributed by atoms with Crippen LogP contribution in [0.4, 0.5) is 0 Å². The van der Waals surface area contributed by atoms with Gasteiger partial charge in [-0.05, 0) is 39.1 Å². The van der Waals surface area contributed by atoms with Crippen molar-refractivity contribution in [2.24, 2.45) is 0 Å². The molecule has 1 atom stereocenters. The largest absolute Gasteiger partial charge is 0.491 e. The van der Waals surface area contributed by atoms with Gasteiger partial charge in [-0.3, -0.25) is 0 Å². The summed E-state index contributed by atoms with van der Waals surface area (Å²) in [6.07, 6.45) is 1.05. The fourth-order valence-corrected chi connectivity index (χ4v) is 2.27. The number of hydrogen-bond acceptors (Lipinski definition) is 3. The van der Waals surface area contributed by atoms with E-state index in [0.717, 1.165) is 29.3 Å². The minimum Gasteiger partial charge on any atom is -0.491 e. The van der Waals surface area contributed by atoms with Crippen molar-refractivity contribution >= 4 is 0 Å². The second kappa shape index (κ2) is 6.62. The van der Waals surface area contributed by atoms with Crippen LogP contribution in [0.3, 0.4) is 0 Å². The predicted molar refractivity (Wildman–Crippen MR) is 81.2 cm³/mol. The molecule has 1 unspecified atom stereocenters. The Labute approximate surface area is 121 Å². The van der Waals surface area contributed by atoms with Crippen molar-refractivity contribution in [2.75, 3.05) is 7.05 Å². The summed E-state index contributed by atoms with van der Waals surface area (Å²) in [5.41, 5.74) is 1.10. The lowest BCUT2D eigenvalue weighted by Gasteiger charge is -2.20. The maximum Gasteiger partial charge on any atom is 0.125 e. The quantitative estimate of drug-likeness (QED) is 0.865. The number of para-hydroxylation sites is 1. The highest BCUT2D eigenvalue weighted by atomic mass is 16.5. The first kappa shape index (κ1) is 14.7.